The third-order valence-corrected chi connectivity index (χ3v) is 3.43. The van der Waals surface area contributed by atoms with Gasteiger partial charge in [0.25, 0.3) is 5.69 Å². The molecule has 0 unspecified atom stereocenters. The number of nitrogens with zero attached hydrogens (tertiary/aromatic N) is 1. The van der Waals surface area contributed by atoms with Crippen molar-refractivity contribution >= 4 is 24.3 Å². The van der Waals surface area contributed by atoms with Crippen LogP contribution in [-0.4, -0.2) is 36.5 Å². The molecule has 1 aromatic carbocycles. The summed E-state index contributed by atoms with van der Waals surface area (Å²) in [5.74, 6) is 1.06. The van der Waals surface area contributed by atoms with Crippen LogP contribution in [0.15, 0.2) is 12.1 Å². The summed E-state index contributed by atoms with van der Waals surface area (Å²) < 4.78 is 16.0. The van der Waals surface area contributed by atoms with Gasteiger partial charge in [0, 0.05) is 18.4 Å². The first-order valence-electron chi connectivity index (χ1n) is 7.86. The predicted octanol–water partition coefficient (Wildman–Crippen LogP) is 3.19. The van der Waals surface area contributed by atoms with Crippen LogP contribution in [0, 0.1) is 10.1 Å². The van der Waals surface area contributed by atoms with Gasteiger partial charge in [0.2, 0.25) is 0 Å². The van der Waals surface area contributed by atoms with Gasteiger partial charge < -0.3 is 14.2 Å². The quantitative estimate of drug-likeness (QED) is 0.283. The van der Waals surface area contributed by atoms with Crippen molar-refractivity contribution in [2.75, 3.05) is 25.6 Å². The van der Waals surface area contributed by atoms with Gasteiger partial charge in [0.15, 0.2) is 11.5 Å². The van der Waals surface area contributed by atoms with E-state index < -0.39 is 4.92 Å². The largest absolute Gasteiger partial charge is 0.490 e. The molecule has 24 heavy (non-hydrogen) atoms. The number of nitro benzene ring substituents is 1. The van der Waals surface area contributed by atoms with Crippen LogP contribution in [0.25, 0.3) is 0 Å². The summed E-state index contributed by atoms with van der Waals surface area (Å²) in [7, 11) is 0. The number of thiol groups is 1. The summed E-state index contributed by atoms with van der Waals surface area (Å²) in [5, 5.41) is 11.3. The van der Waals surface area contributed by atoms with Crippen LogP contribution < -0.4 is 9.47 Å². The minimum absolute atomic E-state index is 0.0752. The second kappa shape index (κ2) is 10.7. The summed E-state index contributed by atoms with van der Waals surface area (Å²) >= 11 is 4.03. The number of benzene rings is 1. The first-order valence-corrected chi connectivity index (χ1v) is 8.50. The van der Waals surface area contributed by atoms with E-state index in [9.17, 15) is 14.9 Å². The molecule has 0 aromatic heterocycles. The van der Waals surface area contributed by atoms with E-state index in [0.717, 1.165) is 0 Å². The number of hydrogen-bond acceptors (Lipinski definition) is 7. The fourth-order valence-corrected chi connectivity index (χ4v) is 2.23. The number of carbonyl (C=O) groups excluding carboxylic acids is 1. The van der Waals surface area contributed by atoms with E-state index in [0.29, 0.717) is 48.9 Å². The summed E-state index contributed by atoms with van der Waals surface area (Å²) in [6.45, 7) is 4.47. The normalized spacial score (nSPS) is 10.3. The van der Waals surface area contributed by atoms with Crippen LogP contribution >= 0.6 is 12.6 Å². The molecule has 0 aliphatic heterocycles. The fraction of sp³-hybridized carbons (Fsp3) is 0.562. The molecule has 1 rings (SSSR count). The minimum atomic E-state index is -0.476. The molecule has 0 amide bonds. The Hall–Kier alpha value is -1.96. The lowest BCUT2D eigenvalue weighted by Gasteiger charge is -2.13. The Labute approximate surface area is 146 Å². The van der Waals surface area contributed by atoms with E-state index in [2.05, 4.69) is 12.6 Å². The van der Waals surface area contributed by atoms with Crippen LogP contribution in [0.4, 0.5) is 5.69 Å². The van der Waals surface area contributed by atoms with Gasteiger partial charge in [-0.05, 0) is 32.1 Å². The SMILES string of the molecule is CCOc1cc(CCOC(=O)CCCS)c([N+](=O)[O-])cc1OCC. The molecular formula is C16H23NO6S. The maximum atomic E-state index is 11.5. The van der Waals surface area contributed by atoms with Crippen molar-refractivity contribution in [3.05, 3.63) is 27.8 Å². The zero-order valence-corrected chi connectivity index (χ0v) is 14.8. The van der Waals surface area contributed by atoms with Gasteiger partial charge in [-0.25, -0.2) is 0 Å². The lowest BCUT2D eigenvalue weighted by molar-refractivity contribution is -0.385. The first kappa shape index (κ1) is 20.1. The van der Waals surface area contributed by atoms with E-state index in [1.165, 1.54) is 6.07 Å². The topological polar surface area (TPSA) is 87.9 Å². The van der Waals surface area contributed by atoms with Gasteiger partial charge in [-0.2, -0.15) is 12.6 Å². The van der Waals surface area contributed by atoms with Gasteiger partial charge in [0.1, 0.15) is 0 Å². The first-order chi connectivity index (χ1) is 11.5. The molecule has 0 aliphatic rings. The van der Waals surface area contributed by atoms with Gasteiger partial charge in [0.05, 0.1) is 30.8 Å². The number of nitro groups is 1. The Morgan fingerprint density at radius 2 is 1.83 bits per heavy atom. The third-order valence-electron chi connectivity index (χ3n) is 3.11. The molecule has 0 radical (unpaired) electrons. The fourth-order valence-electron chi connectivity index (χ4n) is 2.07. The molecule has 0 aliphatic carbocycles. The predicted molar refractivity (Wildman–Crippen MR) is 93.2 cm³/mol. The number of esters is 1. The Bertz CT molecular complexity index is 564. The van der Waals surface area contributed by atoms with Crippen molar-refractivity contribution in [2.45, 2.75) is 33.1 Å². The molecule has 1 aromatic rings. The van der Waals surface area contributed by atoms with E-state index >= 15 is 0 Å². The zero-order valence-electron chi connectivity index (χ0n) is 13.9. The van der Waals surface area contributed by atoms with Crippen LogP contribution in [0.5, 0.6) is 11.5 Å². The maximum absolute atomic E-state index is 11.5. The number of rotatable bonds is 11. The van der Waals surface area contributed by atoms with E-state index in [1.807, 2.05) is 6.92 Å². The molecule has 0 saturated heterocycles. The summed E-state index contributed by atoms with van der Waals surface area (Å²) in [6, 6.07) is 2.93. The van der Waals surface area contributed by atoms with Crippen LogP contribution in [0.1, 0.15) is 32.3 Å². The highest BCUT2D eigenvalue weighted by atomic mass is 32.1. The molecule has 0 bridgehead atoms. The van der Waals surface area contributed by atoms with Gasteiger partial charge in [-0.3, -0.25) is 14.9 Å². The van der Waals surface area contributed by atoms with Crippen LogP contribution in [-0.2, 0) is 16.0 Å². The molecule has 0 N–H and O–H groups in total. The second-order valence-corrected chi connectivity index (χ2v) is 5.30. The molecule has 0 atom stereocenters. The Kier molecular flexibility index (Phi) is 8.99. The van der Waals surface area contributed by atoms with Crippen molar-refractivity contribution in [3.63, 3.8) is 0 Å². The smallest absolute Gasteiger partial charge is 0.305 e. The lowest BCUT2D eigenvalue weighted by atomic mass is 10.1. The van der Waals surface area contributed by atoms with Crippen molar-refractivity contribution in [1.82, 2.24) is 0 Å². The summed E-state index contributed by atoms with van der Waals surface area (Å²) in [6.07, 6.45) is 1.16. The molecule has 8 heteroatoms. The molecule has 0 saturated carbocycles. The molecule has 0 spiro atoms. The number of carbonyl (C=O) groups is 1. The van der Waals surface area contributed by atoms with E-state index in [1.54, 1.807) is 13.0 Å². The van der Waals surface area contributed by atoms with E-state index in [-0.39, 0.29) is 24.7 Å². The molecular weight excluding hydrogens is 334 g/mol. The van der Waals surface area contributed by atoms with Crippen molar-refractivity contribution in [1.29, 1.82) is 0 Å². The zero-order chi connectivity index (χ0) is 17.9. The van der Waals surface area contributed by atoms with Gasteiger partial charge in [-0.1, -0.05) is 0 Å². The standard InChI is InChI=1S/C16H23NO6S/c1-3-21-14-10-12(7-8-23-16(18)6-5-9-24)13(17(19)20)11-15(14)22-4-2/h10-11,24H,3-9H2,1-2H3. The number of hydrogen-bond donors (Lipinski definition) is 1. The Morgan fingerprint density at radius 3 is 2.38 bits per heavy atom. The average Bonchev–Trinajstić information content (AvgIpc) is 2.55. The minimum Gasteiger partial charge on any atom is -0.490 e. The monoisotopic (exact) mass is 357 g/mol. The Morgan fingerprint density at radius 1 is 1.21 bits per heavy atom. The highest BCUT2D eigenvalue weighted by molar-refractivity contribution is 7.80. The highest BCUT2D eigenvalue weighted by Crippen LogP contribution is 2.35. The van der Waals surface area contributed by atoms with Crippen molar-refractivity contribution in [2.24, 2.45) is 0 Å². The molecule has 0 heterocycles. The van der Waals surface area contributed by atoms with Crippen molar-refractivity contribution < 1.29 is 23.9 Å². The van der Waals surface area contributed by atoms with Crippen molar-refractivity contribution in [3.8, 4) is 11.5 Å². The molecule has 134 valence electrons. The maximum Gasteiger partial charge on any atom is 0.305 e. The van der Waals surface area contributed by atoms with E-state index in [4.69, 9.17) is 14.2 Å². The average molecular weight is 357 g/mol. The summed E-state index contributed by atoms with van der Waals surface area (Å²) in [5.41, 5.74) is 0.363. The third kappa shape index (κ3) is 6.27. The van der Waals surface area contributed by atoms with Crippen LogP contribution in [0.3, 0.4) is 0 Å². The van der Waals surface area contributed by atoms with Crippen LogP contribution in [0.2, 0.25) is 0 Å². The second-order valence-electron chi connectivity index (χ2n) is 4.85. The lowest BCUT2D eigenvalue weighted by Crippen LogP contribution is -2.09. The number of ether oxygens (including phenoxy) is 3. The molecule has 7 nitrogen and oxygen atoms in total. The van der Waals surface area contributed by atoms with Gasteiger partial charge in [-0.15, -0.1) is 0 Å². The Balaban J connectivity index is 2.88. The van der Waals surface area contributed by atoms with Gasteiger partial charge >= 0.3 is 5.97 Å². The highest BCUT2D eigenvalue weighted by Gasteiger charge is 2.20. The summed E-state index contributed by atoms with van der Waals surface area (Å²) in [4.78, 5) is 22.3. The molecule has 0 fully saturated rings.